The maximum Gasteiger partial charge on any atom is 0.409 e. The summed E-state index contributed by atoms with van der Waals surface area (Å²) in [5.74, 6) is -0.438. The van der Waals surface area contributed by atoms with E-state index in [1.54, 1.807) is 35.8 Å². The third-order valence-electron chi connectivity index (χ3n) is 4.09. The first-order chi connectivity index (χ1) is 11.4. The summed E-state index contributed by atoms with van der Waals surface area (Å²) in [6, 6.07) is 6.01. The molecule has 2 amide bonds. The monoisotopic (exact) mass is 335 g/mol. The minimum atomic E-state index is -0.467. The highest BCUT2D eigenvalue weighted by atomic mass is 16.6. The van der Waals surface area contributed by atoms with E-state index in [4.69, 9.17) is 4.74 Å². The second-order valence-corrected chi connectivity index (χ2v) is 5.58. The summed E-state index contributed by atoms with van der Waals surface area (Å²) in [4.78, 5) is 37.8. The van der Waals surface area contributed by atoms with Crippen LogP contribution in [0.2, 0.25) is 0 Å². The summed E-state index contributed by atoms with van der Waals surface area (Å²) in [5, 5.41) is 10.7. The zero-order valence-electron chi connectivity index (χ0n) is 13.8. The normalized spacial score (nSPS) is 15.8. The molecule has 130 valence electrons. The molecule has 0 bridgehead atoms. The molecule has 0 radical (unpaired) electrons. The van der Waals surface area contributed by atoms with Crippen molar-refractivity contribution in [2.45, 2.75) is 19.8 Å². The van der Waals surface area contributed by atoms with Gasteiger partial charge in [-0.2, -0.15) is 0 Å². The van der Waals surface area contributed by atoms with Crippen LogP contribution < -0.4 is 0 Å². The van der Waals surface area contributed by atoms with Crippen LogP contribution in [0.15, 0.2) is 24.3 Å². The van der Waals surface area contributed by atoms with Gasteiger partial charge in [0, 0.05) is 38.3 Å². The second-order valence-electron chi connectivity index (χ2n) is 5.58. The number of nitrogens with zero attached hydrogens (tertiary/aromatic N) is 3. The number of benzene rings is 1. The molecular weight excluding hydrogens is 314 g/mol. The van der Waals surface area contributed by atoms with Crippen molar-refractivity contribution in [1.82, 2.24) is 9.80 Å². The molecule has 0 N–H and O–H groups in total. The van der Waals surface area contributed by atoms with Gasteiger partial charge in [0.15, 0.2) is 0 Å². The maximum absolute atomic E-state index is 12.6. The molecule has 0 aliphatic carbocycles. The van der Waals surface area contributed by atoms with Crippen molar-refractivity contribution >= 4 is 17.7 Å². The Bertz CT molecular complexity index is 609. The van der Waals surface area contributed by atoms with Crippen molar-refractivity contribution in [3.8, 4) is 0 Å². The number of hydrogen-bond acceptors (Lipinski definition) is 5. The molecule has 1 aromatic carbocycles. The van der Waals surface area contributed by atoms with Gasteiger partial charge >= 0.3 is 6.09 Å². The van der Waals surface area contributed by atoms with Gasteiger partial charge in [-0.05, 0) is 19.4 Å². The lowest BCUT2D eigenvalue weighted by Crippen LogP contribution is -2.51. The first kappa shape index (κ1) is 17.7. The lowest BCUT2D eigenvalue weighted by molar-refractivity contribution is -0.384. The third-order valence-corrected chi connectivity index (χ3v) is 4.09. The van der Waals surface area contributed by atoms with Crippen molar-refractivity contribution in [3.05, 3.63) is 39.9 Å². The fourth-order valence-electron chi connectivity index (χ4n) is 2.63. The first-order valence-electron chi connectivity index (χ1n) is 7.89. The van der Waals surface area contributed by atoms with E-state index in [0.29, 0.717) is 32.8 Å². The topological polar surface area (TPSA) is 93.0 Å². The Kier molecular flexibility index (Phi) is 5.73. The standard InChI is InChI=1S/C16H21N3O5/c1-3-24-16(21)18-10-8-17(9-11-18)15(20)12(2)13-4-6-14(7-5-13)19(22)23/h4-7,12H,3,8-11H2,1-2H3/t12-/m1/s1. The predicted molar refractivity (Wildman–Crippen MR) is 86.7 cm³/mol. The SMILES string of the molecule is CCOC(=O)N1CCN(C(=O)[C@H](C)c2ccc([N+](=O)[O-])cc2)CC1. The Morgan fingerprint density at radius 2 is 1.71 bits per heavy atom. The van der Waals surface area contributed by atoms with Gasteiger partial charge in [-0.15, -0.1) is 0 Å². The van der Waals surface area contributed by atoms with Crippen molar-refractivity contribution in [3.63, 3.8) is 0 Å². The average Bonchev–Trinajstić information content (AvgIpc) is 2.61. The molecule has 0 spiro atoms. The second kappa shape index (κ2) is 7.76. The van der Waals surface area contributed by atoms with Crippen LogP contribution in [-0.4, -0.2) is 59.5 Å². The van der Waals surface area contributed by atoms with E-state index in [2.05, 4.69) is 0 Å². The Morgan fingerprint density at radius 1 is 1.17 bits per heavy atom. The maximum atomic E-state index is 12.6. The molecule has 1 fully saturated rings. The average molecular weight is 335 g/mol. The molecule has 0 aromatic heterocycles. The van der Waals surface area contributed by atoms with Crippen molar-refractivity contribution in [2.24, 2.45) is 0 Å². The molecule has 8 nitrogen and oxygen atoms in total. The van der Waals surface area contributed by atoms with E-state index in [1.165, 1.54) is 12.1 Å². The van der Waals surface area contributed by atoms with E-state index >= 15 is 0 Å². The van der Waals surface area contributed by atoms with E-state index < -0.39 is 4.92 Å². The molecule has 1 saturated heterocycles. The minimum Gasteiger partial charge on any atom is -0.450 e. The number of carbonyl (C=O) groups is 2. The van der Waals surface area contributed by atoms with Gasteiger partial charge in [-0.3, -0.25) is 14.9 Å². The van der Waals surface area contributed by atoms with Crippen molar-refractivity contribution in [1.29, 1.82) is 0 Å². The Hall–Kier alpha value is -2.64. The highest BCUT2D eigenvalue weighted by Gasteiger charge is 2.28. The molecular formula is C16H21N3O5. The molecule has 1 aliphatic rings. The largest absolute Gasteiger partial charge is 0.450 e. The fraction of sp³-hybridized carbons (Fsp3) is 0.500. The van der Waals surface area contributed by atoms with Gasteiger partial charge in [0.05, 0.1) is 17.4 Å². The summed E-state index contributed by atoms with van der Waals surface area (Å²) in [6.07, 6.45) is -0.354. The van der Waals surface area contributed by atoms with E-state index in [0.717, 1.165) is 5.56 Å². The zero-order chi connectivity index (χ0) is 17.7. The van der Waals surface area contributed by atoms with Gasteiger partial charge < -0.3 is 14.5 Å². The Labute approximate surface area is 140 Å². The first-order valence-corrected chi connectivity index (χ1v) is 7.89. The number of piperazine rings is 1. The lowest BCUT2D eigenvalue weighted by atomic mass is 9.99. The molecule has 2 rings (SSSR count). The molecule has 1 aliphatic heterocycles. The fourth-order valence-corrected chi connectivity index (χ4v) is 2.63. The van der Waals surface area contributed by atoms with Crippen LogP contribution in [0.3, 0.4) is 0 Å². The van der Waals surface area contributed by atoms with Crippen LogP contribution in [-0.2, 0) is 9.53 Å². The van der Waals surface area contributed by atoms with Crippen molar-refractivity contribution in [2.75, 3.05) is 32.8 Å². The summed E-state index contributed by atoms with van der Waals surface area (Å²) in [7, 11) is 0. The minimum absolute atomic E-state index is 0.00134. The van der Waals surface area contributed by atoms with Gasteiger partial charge in [-0.1, -0.05) is 12.1 Å². The molecule has 1 heterocycles. The summed E-state index contributed by atoms with van der Waals surface area (Å²) < 4.78 is 4.95. The quantitative estimate of drug-likeness (QED) is 0.620. The molecule has 1 atom stereocenters. The smallest absolute Gasteiger partial charge is 0.409 e. The number of nitro benzene ring substituents is 1. The predicted octanol–water partition coefficient (Wildman–Crippen LogP) is 2.00. The van der Waals surface area contributed by atoms with E-state index in [1.807, 2.05) is 0 Å². The van der Waals surface area contributed by atoms with Crippen LogP contribution in [0.1, 0.15) is 25.3 Å². The highest BCUT2D eigenvalue weighted by Crippen LogP contribution is 2.22. The molecule has 1 aromatic rings. The third kappa shape index (κ3) is 4.01. The number of nitro groups is 1. The number of amides is 2. The number of non-ortho nitro benzene ring substituents is 1. The van der Waals surface area contributed by atoms with Crippen LogP contribution in [0.25, 0.3) is 0 Å². The Balaban J connectivity index is 1.94. The highest BCUT2D eigenvalue weighted by molar-refractivity contribution is 5.83. The molecule has 0 unspecified atom stereocenters. The van der Waals surface area contributed by atoms with Gasteiger partial charge in [-0.25, -0.2) is 4.79 Å². The van der Waals surface area contributed by atoms with Crippen LogP contribution >= 0.6 is 0 Å². The van der Waals surface area contributed by atoms with Crippen LogP contribution in [0.4, 0.5) is 10.5 Å². The van der Waals surface area contributed by atoms with E-state index in [9.17, 15) is 19.7 Å². The summed E-state index contributed by atoms with van der Waals surface area (Å²) in [5.41, 5.74) is 0.736. The molecule has 0 saturated carbocycles. The zero-order valence-corrected chi connectivity index (χ0v) is 13.8. The van der Waals surface area contributed by atoms with Gasteiger partial charge in [0.25, 0.3) is 5.69 Å². The van der Waals surface area contributed by atoms with Gasteiger partial charge in [0.1, 0.15) is 0 Å². The number of rotatable bonds is 4. The number of carbonyl (C=O) groups excluding carboxylic acids is 2. The molecule has 24 heavy (non-hydrogen) atoms. The van der Waals surface area contributed by atoms with Crippen LogP contribution in [0, 0.1) is 10.1 Å². The Morgan fingerprint density at radius 3 is 2.21 bits per heavy atom. The lowest BCUT2D eigenvalue weighted by Gasteiger charge is -2.35. The summed E-state index contributed by atoms with van der Waals surface area (Å²) in [6.45, 7) is 5.65. The number of hydrogen-bond donors (Lipinski definition) is 0. The van der Waals surface area contributed by atoms with Crippen LogP contribution in [0.5, 0.6) is 0 Å². The van der Waals surface area contributed by atoms with E-state index in [-0.39, 0.29) is 23.6 Å². The van der Waals surface area contributed by atoms with Gasteiger partial charge in [0.2, 0.25) is 5.91 Å². The molecule has 8 heteroatoms. The summed E-state index contributed by atoms with van der Waals surface area (Å²) >= 11 is 0. The number of ether oxygens (including phenoxy) is 1. The van der Waals surface area contributed by atoms with Crippen molar-refractivity contribution < 1.29 is 19.2 Å².